The molecule has 2 heteroatoms. The highest BCUT2D eigenvalue weighted by Gasteiger charge is 2.18. The number of hydrogen-bond acceptors (Lipinski definition) is 2. The molecule has 0 aromatic heterocycles. The van der Waals surface area contributed by atoms with Crippen molar-refractivity contribution in [1.29, 1.82) is 0 Å². The Bertz CT molecular complexity index is 245. The molecule has 0 fully saturated rings. The first-order chi connectivity index (χ1) is 5.90. The molecule has 0 bridgehead atoms. The van der Waals surface area contributed by atoms with Crippen LogP contribution in [0.1, 0.15) is 12.0 Å². The van der Waals surface area contributed by atoms with Gasteiger partial charge in [-0.15, -0.1) is 0 Å². The van der Waals surface area contributed by atoms with Crippen LogP contribution in [0, 0.1) is 0 Å². The molecule has 0 saturated heterocycles. The second-order valence-corrected chi connectivity index (χ2v) is 3.28. The lowest BCUT2D eigenvalue weighted by molar-refractivity contribution is 0.684. The number of anilines is 1. The maximum absolute atomic E-state index is 5.50. The van der Waals surface area contributed by atoms with E-state index in [1.54, 1.807) is 0 Å². The minimum Gasteiger partial charge on any atom is -0.382 e. The zero-order valence-electron chi connectivity index (χ0n) is 7.09. The van der Waals surface area contributed by atoms with Crippen molar-refractivity contribution < 1.29 is 0 Å². The zero-order valence-corrected chi connectivity index (χ0v) is 7.09. The average Bonchev–Trinajstić information content (AvgIpc) is 2.47. The molecule has 1 aliphatic rings. The third kappa shape index (κ3) is 1.30. The maximum Gasteiger partial charge on any atom is 0.0375 e. The largest absolute Gasteiger partial charge is 0.382 e. The fraction of sp³-hybridized carbons (Fsp3) is 0.400. The first-order valence-corrected chi connectivity index (χ1v) is 4.44. The fourth-order valence-electron chi connectivity index (χ4n) is 1.75. The molecule has 64 valence electrons. The smallest absolute Gasteiger partial charge is 0.0375 e. The molecule has 1 aromatic carbocycles. The molecule has 1 aromatic rings. The summed E-state index contributed by atoms with van der Waals surface area (Å²) < 4.78 is 0. The van der Waals surface area contributed by atoms with Gasteiger partial charge in [0, 0.05) is 11.7 Å². The molecular weight excluding hydrogens is 148 g/mol. The van der Waals surface area contributed by atoms with E-state index in [2.05, 4.69) is 29.6 Å². The predicted octanol–water partition coefficient (Wildman–Crippen LogP) is 1.37. The van der Waals surface area contributed by atoms with E-state index in [9.17, 15) is 0 Å². The van der Waals surface area contributed by atoms with E-state index in [1.807, 2.05) is 0 Å². The number of benzene rings is 1. The van der Waals surface area contributed by atoms with E-state index in [0.29, 0.717) is 6.04 Å². The summed E-state index contributed by atoms with van der Waals surface area (Å²) in [5, 5.41) is 3.46. The minimum atomic E-state index is 0.562. The summed E-state index contributed by atoms with van der Waals surface area (Å²) in [5.74, 6) is 0. The molecule has 1 atom stereocenters. The van der Waals surface area contributed by atoms with Gasteiger partial charge < -0.3 is 11.1 Å². The third-order valence-corrected chi connectivity index (χ3v) is 2.36. The molecule has 1 aliphatic heterocycles. The van der Waals surface area contributed by atoms with Gasteiger partial charge in [-0.3, -0.25) is 0 Å². The Labute approximate surface area is 72.8 Å². The van der Waals surface area contributed by atoms with Gasteiger partial charge in [0.15, 0.2) is 0 Å². The van der Waals surface area contributed by atoms with Crippen LogP contribution in [-0.2, 0) is 6.42 Å². The second kappa shape index (κ2) is 3.15. The van der Waals surface area contributed by atoms with Crippen molar-refractivity contribution in [2.24, 2.45) is 5.73 Å². The van der Waals surface area contributed by atoms with E-state index in [1.165, 1.54) is 11.3 Å². The Morgan fingerprint density at radius 3 is 3.00 bits per heavy atom. The zero-order chi connectivity index (χ0) is 8.39. The van der Waals surface area contributed by atoms with Crippen LogP contribution in [0.3, 0.4) is 0 Å². The second-order valence-electron chi connectivity index (χ2n) is 3.28. The van der Waals surface area contributed by atoms with Crippen LogP contribution in [0.2, 0.25) is 0 Å². The molecule has 0 amide bonds. The Balaban J connectivity index is 2.11. The van der Waals surface area contributed by atoms with E-state index in [4.69, 9.17) is 5.73 Å². The first kappa shape index (κ1) is 7.62. The van der Waals surface area contributed by atoms with Gasteiger partial charge in [0.1, 0.15) is 0 Å². The van der Waals surface area contributed by atoms with Crippen molar-refractivity contribution in [3.63, 3.8) is 0 Å². The SMILES string of the molecule is NCCC1Cc2ccccc2N1. The molecule has 1 heterocycles. The van der Waals surface area contributed by atoms with Gasteiger partial charge in [-0.2, -0.15) is 0 Å². The summed E-state index contributed by atoms with van der Waals surface area (Å²) in [6, 6.07) is 9.03. The number of nitrogens with one attached hydrogen (secondary N) is 1. The van der Waals surface area contributed by atoms with Crippen LogP contribution in [-0.4, -0.2) is 12.6 Å². The normalized spacial score (nSPS) is 20.2. The lowest BCUT2D eigenvalue weighted by Crippen LogP contribution is -2.19. The number of hydrogen-bond donors (Lipinski definition) is 2. The summed E-state index contributed by atoms with van der Waals surface area (Å²) >= 11 is 0. The molecule has 0 saturated carbocycles. The van der Waals surface area contributed by atoms with Crippen molar-refractivity contribution in [2.45, 2.75) is 18.9 Å². The van der Waals surface area contributed by atoms with Crippen LogP contribution in [0.5, 0.6) is 0 Å². The standard InChI is InChI=1S/C10H14N2/c11-6-5-9-7-8-3-1-2-4-10(8)12-9/h1-4,9,12H,5-7,11H2. The highest BCUT2D eigenvalue weighted by atomic mass is 14.9. The van der Waals surface area contributed by atoms with Crippen molar-refractivity contribution >= 4 is 5.69 Å². The number of nitrogens with two attached hydrogens (primary N) is 1. The summed E-state index contributed by atoms with van der Waals surface area (Å²) in [6.45, 7) is 0.769. The molecule has 3 N–H and O–H groups in total. The van der Waals surface area contributed by atoms with Crippen LogP contribution in [0.15, 0.2) is 24.3 Å². The maximum atomic E-state index is 5.50. The summed E-state index contributed by atoms with van der Waals surface area (Å²) in [5.41, 5.74) is 8.22. The van der Waals surface area contributed by atoms with E-state index >= 15 is 0 Å². The Morgan fingerprint density at radius 1 is 1.42 bits per heavy atom. The van der Waals surface area contributed by atoms with Gasteiger partial charge in [0.2, 0.25) is 0 Å². The van der Waals surface area contributed by atoms with Crippen LogP contribution >= 0.6 is 0 Å². The number of para-hydroxylation sites is 1. The summed E-state index contributed by atoms with van der Waals surface area (Å²) in [4.78, 5) is 0. The van der Waals surface area contributed by atoms with Gasteiger partial charge in [-0.25, -0.2) is 0 Å². The monoisotopic (exact) mass is 162 g/mol. The van der Waals surface area contributed by atoms with Crippen molar-refractivity contribution in [3.05, 3.63) is 29.8 Å². The van der Waals surface area contributed by atoms with Crippen LogP contribution in [0.4, 0.5) is 5.69 Å². The molecule has 1 unspecified atom stereocenters. The van der Waals surface area contributed by atoms with Crippen molar-refractivity contribution in [3.8, 4) is 0 Å². The van der Waals surface area contributed by atoms with Gasteiger partial charge in [0.05, 0.1) is 0 Å². The molecule has 2 nitrogen and oxygen atoms in total. The molecular formula is C10H14N2. The topological polar surface area (TPSA) is 38.0 Å². The van der Waals surface area contributed by atoms with E-state index < -0.39 is 0 Å². The Morgan fingerprint density at radius 2 is 2.25 bits per heavy atom. The lowest BCUT2D eigenvalue weighted by Gasteiger charge is -2.08. The van der Waals surface area contributed by atoms with E-state index in [0.717, 1.165) is 19.4 Å². The van der Waals surface area contributed by atoms with Crippen molar-refractivity contribution in [2.75, 3.05) is 11.9 Å². The summed E-state index contributed by atoms with van der Waals surface area (Å²) in [7, 11) is 0. The summed E-state index contributed by atoms with van der Waals surface area (Å²) in [6.07, 6.45) is 2.20. The highest BCUT2D eigenvalue weighted by molar-refractivity contribution is 5.56. The first-order valence-electron chi connectivity index (χ1n) is 4.44. The molecule has 0 aliphatic carbocycles. The van der Waals surface area contributed by atoms with Crippen LogP contribution < -0.4 is 11.1 Å². The van der Waals surface area contributed by atoms with Gasteiger partial charge in [-0.1, -0.05) is 18.2 Å². The quantitative estimate of drug-likeness (QED) is 0.689. The predicted molar refractivity (Wildman–Crippen MR) is 51.2 cm³/mol. The molecule has 12 heavy (non-hydrogen) atoms. The minimum absolute atomic E-state index is 0.562. The molecule has 2 rings (SSSR count). The van der Waals surface area contributed by atoms with Gasteiger partial charge in [0.25, 0.3) is 0 Å². The van der Waals surface area contributed by atoms with Gasteiger partial charge in [-0.05, 0) is 31.0 Å². The van der Waals surface area contributed by atoms with E-state index in [-0.39, 0.29) is 0 Å². The molecule has 0 spiro atoms. The number of rotatable bonds is 2. The fourth-order valence-corrected chi connectivity index (χ4v) is 1.75. The Hall–Kier alpha value is -1.02. The average molecular weight is 162 g/mol. The Kier molecular flexibility index (Phi) is 2.00. The van der Waals surface area contributed by atoms with Crippen molar-refractivity contribution in [1.82, 2.24) is 0 Å². The van der Waals surface area contributed by atoms with Gasteiger partial charge >= 0.3 is 0 Å². The highest BCUT2D eigenvalue weighted by Crippen LogP contribution is 2.25. The lowest BCUT2D eigenvalue weighted by atomic mass is 10.1. The van der Waals surface area contributed by atoms with Crippen LogP contribution in [0.25, 0.3) is 0 Å². The third-order valence-electron chi connectivity index (χ3n) is 2.36. The molecule has 0 radical (unpaired) electrons. The number of fused-ring (bicyclic) bond motifs is 1.